The minimum absolute atomic E-state index is 0.267. The second kappa shape index (κ2) is 3.94. The Bertz CT molecular complexity index is 416. The van der Waals surface area contributed by atoms with Crippen molar-refractivity contribution in [2.45, 2.75) is 31.1 Å². The zero-order valence-corrected chi connectivity index (χ0v) is 9.85. The van der Waals surface area contributed by atoms with Gasteiger partial charge in [-0.3, -0.25) is 0 Å². The van der Waals surface area contributed by atoms with E-state index >= 15 is 0 Å². The van der Waals surface area contributed by atoms with Gasteiger partial charge in [0.15, 0.2) is 0 Å². The molecule has 0 saturated heterocycles. The molecule has 3 heteroatoms. The van der Waals surface area contributed by atoms with E-state index in [-0.39, 0.29) is 5.82 Å². The third-order valence-corrected chi connectivity index (χ3v) is 3.77. The minimum Gasteiger partial charge on any atom is -0.207 e. The van der Waals surface area contributed by atoms with Crippen molar-refractivity contribution in [2.75, 3.05) is 0 Å². The van der Waals surface area contributed by atoms with Gasteiger partial charge >= 0.3 is 0 Å². The van der Waals surface area contributed by atoms with Crippen LogP contribution in [0.25, 0.3) is 0 Å². The number of hydrogen-bond donors (Lipinski definition) is 0. The SMILES string of the molecule is N#CC1(c2ccc(F)cc2Br)CCCC1. The monoisotopic (exact) mass is 267 g/mol. The lowest BCUT2D eigenvalue weighted by molar-refractivity contribution is 0.564. The zero-order chi connectivity index (χ0) is 10.9. The fraction of sp³-hybridized carbons (Fsp3) is 0.417. The molecule has 1 aliphatic carbocycles. The van der Waals surface area contributed by atoms with Crippen LogP contribution in [0.2, 0.25) is 0 Å². The molecule has 1 fully saturated rings. The summed E-state index contributed by atoms with van der Waals surface area (Å²) in [4.78, 5) is 0. The summed E-state index contributed by atoms with van der Waals surface area (Å²) in [6.07, 6.45) is 3.93. The molecule has 15 heavy (non-hydrogen) atoms. The second-order valence-corrected chi connectivity index (χ2v) is 4.88. The molecular weight excluding hydrogens is 257 g/mol. The smallest absolute Gasteiger partial charge is 0.124 e. The van der Waals surface area contributed by atoms with Crippen LogP contribution < -0.4 is 0 Å². The largest absolute Gasteiger partial charge is 0.207 e. The maximum absolute atomic E-state index is 13.0. The molecule has 0 heterocycles. The molecule has 0 aliphatic heterocycles. The van der Waals surface area contributed by atoms with Gasteiger partial charge in [0.1, 0.15) is 5.82 Å². The van der Waals surface area contributed by atoms with E-state index in [1.165, 1.54) is 12.1 Å². The van der Waals surface area contributed by atoms with Crippen molar-refractivity contribution in [3.8, 4) is 6.07 Å². The fourth-order valence-corrected chi connectivity index (χ4v) is 3.03. The van der Waals surface area contributed by atoms with Gasteiger partial charge in [-0.2, -0.15) is 5.26 Å². The van der Waals surface area contributed by atoms with Gasteiger partial charge in [0, 0.05) is 4.47 Å². The Morgan fingerprint density at radius 2 is 2.00 bits per heavy atom. The number of hydrogen-bond acceptors (Lipinski definition) is 1. The Morgan fingerprint density at radius 3 is 2.53 bits per heavy atom. The first-order chi connectivity index (χ1) is 7.18. The number of nitriles is 1. The Morgan fingerprint density at radius 1 is 1.33 bits per heavy atom. The molecule has 0 aromatic heterocycles. The van der Waals surface area contributed by atoms with E-state index in [9.17, 15) is 9.65 Å². The van der Waals surface area contributed by atoms with E-state index in [4.69, 9.17) is 0 Å². The van der Waals surface area contributed by atoms with Gasteiger partial charge in [-0.15, -0.1) is 0 Å². The normalized spacial score (nSPS) is 18.7. The van der Waals surface area contributed by atoms with Gasteiger partial charge in [-0.05, 0) is 30.5 Å². The lowest BCUT2D eigenvalue weighted by atomic mass is 9.80. The standard InChI is InChI=1S/C12H11BrFN/c13-11-7-9(14)3-4-10(11)12(8-15)5-1-2-6-12/h3-4,7H,1-2,5-6H2. The maximum Gasteiger partial charge on any atom is 0.124 e. The predicted octanol–water partition coefficient (Wildman–Crippen LogP) is 3.92. The highest BCUT2D eigenvalue weighted by Gasteiger charge is 2.37. The van der Waals surface area contributed by atoms with Crippen LogP contribution in [0.15, 0.2) is 22.7 Å². The molecule has 0 amide bonds. The lowest BCUT2D eigenvalue weighted by Crippen LogP contribution is -2.19. The molecule has 0 spiro atoms. The van der Waals surface area contributed by atoms with Crippen molar-refractivity contribution >= 4 is 15.9 Å². The molecule has 78 valence electrons. The summed E-state index contributed by atoms with van der Waals surface area (Å²) in [6.45, 7) is 0. The first kappa shape index (κ1) is 10.6. The number of rotatable bonds is 1. The molecule has 0 bridgehead atoms. The first-order valence-electron chi connectivity index (χ1n) is 5.05. The molecule has 1 aromatic carbocycles. The van der Waals surface area contributed by atoms with Crippen molar-refractivity contribution in [1.29, 1.82) is 5.26 Å². The molecule has 0 radical (unpaired) electrons. The summed E-state index contributed by atoms with van der Waals surface area (Å²) in [5.74, 6) is -0.267. The van der Waals surface area contributed by atoms with Crippen LogP contribution in [0.3, 0.4) is 0 Å². The zero-order valence-electron chi connectivity index (χ0n) is 8.26. The van der Waals surface area contributed by atoms with Crippen molar-refractivity contribution in [1.82, 2.24) is 0 Å². The third-order valence-electron chi connectivity index (χ3n) is 3.12. The van der Waals surface area contributed by atoms with E-state index in [2.05, 4.69) is 22.0 Å². The summed E-state index contributed by atoms with van der Waals surface area (Å²) < 4.78 is 13.7. The minimum atomic E-state index is -0.396. The summed E-state index contributed by atoms with van der Waals surface area (Å²) in [7, 11) is 0. The summed E-state index contributed by atoms with van der Waals surface area (Å²) in [5, 5.41) is 9.30. The fourth-order valence-electron chi connectivity index (χ4n) is 2.30. The van der Waals surface area contributed by atoms with Crippen molar-refractivity contribution < 1.29 is 4.39 Å². The molecule has 0 N–H and O–H groups in total. The highest BCUT2D eigenvalue weighted by atomic mass is 79.9. The molecule has 0 atom stereocenters. The average molecular weight is 268 g/mol. The summed E-state index contributed by atoms with van der Waals surface area (Å²) >= 11 is 3.34. The Kier molecular flexibility index (Phi) is 2.79. The topological polar surface area (TPSA) is 23.8 Å². The lowest BCUT2D eigenvalue weighted by Gasteiger charge is -2.22. The molecule has 1 aliphatic rings. The predicted molar refractivity (Wildman–Crippen MR) is 59.9 cm³/mol. The van der Waals surface area contributed by atoms with Crippen LogP contribution >= 0.6 is 15.9 Å². The highest BCUT2D eigenvalue weighted by Crippen LogP contribution is 2.43. The average Bonchev–Trinajstić information content (AvgIpc) is 2.67. The van der Waals surface area contributed by atoms with Gasteiger partial charge in [-0.1, -0.05) is 34.8 Å². The molecule has 0 unspecified atom stereocenters. The molecule has 1 aromatic rings. The van der Waals surface area contributed by atoms with Gasteiger partial charge in [0.2, 0.25) is 0 Å². The molecular formula is C12H11BrFN. The van der Waals surface area contributed by atoms with Crippen LogP contribution in [0.4, 0.5) is 4.39 Å². The van der Waals surface area contributed by atoms with E-state index in [0.717, 1.165) is 31.2 Å². The van der Waals surface area contributed by atoms with E-state index in [1.807, 2.05) is 0 Å². The van der Waals surface area contributed by atoms with Crippen LogP contribution in [-0.2, 0) is 5.41 Å². The molecule has 2 rings (SSSR count). The van der Waals surface area contributed by atoms with Gasteiger partial charge < -0.3 is 0 Å². The van der Waals surface area contributed by atoms with E-state index in [1.54, 1.807) is 6.07 Å². The summed E-state index contributed by atoms with van der Waals surface area (Å²) in [6, 6.07) is 7.00. The van der Waals surface area contributed by atoms with Crippen molar-refractivity contribution in [3.63, 3.8) is 0 Å². The Labute approximate surface area is 97.0 Å². The molecule has 1 nitrogen and oxygen atoms in total. The number of benzene rings is 1. The second-order valence-electron chi connectivity index (χ2n) is 4.03. The van der Waals surface area contributed by atoms with Crippen LogP contribution in [-0.4, -0.2) is 0 Å². The van der Waals surface area contributed by atoms with Crippen molar-refractivity contribution in [2.24, 2.45) is 0 Å². The van der Waals surface area contributed by atoms with Crippen molar-refractivity contribution in [3.05, 3.63) is 34.1 Å². The Balaban J connectivity index is 2.48. The van der Waals surface area contributed by atoms with Crippen LogP contribution in [0.1, 0.15) is 31.2 Å². The summed E-state index contributed by atoms with van der Waals surface area (Å²) in [5.41, 5.74) is 0.538. The van der Waals surface area contributed by atoms with Crippen LogP contribution in [0.5, 0.6) is 0 Å². The first-order valence-corrected chi connectivity index (χ1v) is 5.84. The van der Waals surface area contributed by atoms with Gasteiger partial charge in [0.05, 0.1) is 11.5 Å². The third kappa shape index (κ3) is 1.79. The number of nitrogens with zero attached hydrogens (tertiary/aromatic N) is 1. The number of halogens is 2. The van der Waals surface area contributed by atoms with E-state index in [0.29, 0.717) is 4.47 Å². The van der Waals surface area contributed by atoms with Gasteiger partial charge in [0.25, 0.3) is 0 Å². The van der Waals surface area contributed by atoms with E-state index < -0.39 is 5.41 Å². The van der Waals surface area contributed by atoms with Gasteiger partial charge in [-0.25, -0.2) is 4.39 Å². The van der Waals surface area contributed by atoms with Crippen LogP contribution in [0, 0.1) is 17.1 Å². The quantitative estimate of drug-likeness (QED) is 0.757. The Hall–Kier alpha value is -0.880. The maximum atomic E-state index is 13.0. The molecule has 1 saturated carbocycles. The highest BCUT2D eigenvalue weighted by molar-refractivity contribution is 9.10.